The highest BCUT2D eigenvalue weighted by atomic mass is 31.1. The maximum atomic E-state index is 2.36. The predicted octanol–water partition coefficient (Wildman–Crippen LogP) is 6.67. The largest absolute Gasteiger partial charge is 0.0622 e. The molecule has 0 N–H and O–H groups in total. The summed E-state index contributed by atoms with van der Waals surface area (Å²) >= 11 is 0. The Bertz CT molecular complexity index is 1250. The topological polar surface area (TPSA) is 0 Å². The summed E-state index contributed by atoms with van der Waals surface area (Å²) in [5.41, 5.74) is 1.42. The Balaban J connectivity index is 1.52. The fourth-order valence-corrected chi connectivity index (χ4v) is 6.63. The van der Waals surface area contributed by atoms with E-state index in [9.17, 15) is 0 Å². The van der Waals surface area contributed by atoms with E-state index >= 15 is 0 Å². The Hall–Kier alpha value is -2.95. The van der Waals surface area contributed by atoms with Gasteiger partial charge in [-0.05, 0) is 58.2 Å². The number of aryl methyl sites for hydroxylation is 1. The fourth-order valence-electron chi connectivity index (χ4n) is 4.08. The van der Waals surface area contributed by atoms with Gasteiger partial charge in [-0.3, -0.25) is 0 Å². The molecular formula is C28H23P. The van der Waals surface area contributed by atoms with E-state index in [1.165, 1.54) is 37.7 Å². The molecule has 1 heteroatoms. The third-order valence-electron chi connectivity index (χ3n) is 5.56. The molecule has 1 atom stereocenters. The van der Waals surface area contributed by atoms with Crippen LogP contribution < -0.4 is 10.6 Å². The van der Waals surface area contributed by atoms with Crippen LogP contribution in [0.3, 0.4) is 0 Å². The van der Waals surface area contributed by atoms with Gasteiger partial charge in [-0.2, -0.15) is 0 Å². The van der Waals surface area contributed by atoms with Crippen molar-refractivity contribution in [3.63, 3.8) is 0 Å². The summed E-state index contributed by atoms with van der Waals surface area (Å²) in [5.74, 6) is 0. The molecule has 0 fully saturated rings. The third-order valence-corrected chi connectivity index (χ3v) is 8.13. The van der Waals surface area contributed by atoms with E-state index in [1.807, 2.05) is 0 Å². The molecule has 0 amide bonds. The van der Waals surface area contributed by atoms with Crippen molar-refractivity contribution in [3.8, 4) is 0 Å². The first-order valence-corrected chi connectivity index (χ1v) is 11.7. The molecule has 0 nitrogen and oxygen atoms in total. The zero-order valence-corrected chi connectivity index (χ0v) is 17.2. The molecule has 0 aliphatic carbocycles. The van der Waals surface area contributed by atoms with E-state index in [0.29, 0.717) is 0 Å². The second kappa shape index (κ2) is 8.19. The lowest BCUT2D eigenvalue weighted by Crippen LogP contribution is -2.16. The number of hydrogen-bond acceptors (Lipinski definition) is 0. The number of benzene rings is 5. The smallest absolute Gasteiger partial charge is 0.0104 e. The van der Waals surface area contributed by atoms with Gasteiger partial charge in [0.15, 0.2) is 0 Å². The maximum Gasteiger partial charge on any atom is -0.0104 e. The highest BCUT2D eigenvalue weighted by molar-refractivity contribution is 7.73. The van der Waals surface area contributed by atoms with Crippen LogP contribution in [0, 0.1) is 0 Å². The van der Waals surface area contributed by atoms with Crippen LogP contribution in [0.4, 0.5) is 0 Å². The molecule has 0 heterocycles. The van der Waals surface area contributed by atoms with Gasteiger partial charge in [-0.15, -0.1) is 0 Å². The minimum Gasteiger partial charge on any atom is -0.0622 e. The van der Waals surface area contributed by atoms with Crippen LogP contribution in [-0.4, -0.2) is 6.16 Å². The minimum atomic E-state index is -0.418. The van der Waals surface area contributed by atoms with Gasteiger partial charge in [0.05, 0.1) is 0 Å². The summed E-state index contributed by atoms with van der Waals surface area (Å²) in [4.78, 5) is 0. The van der Waals surface area contributed by atoms with Gasteiger partial charge in [-0.1, -0.05) is 115 Å². The van der Waals surface area contributed by atoms with Crippen LogP contribution in [0.15, 0.2) is 115 Å². The summed E-state index contributed by atoms with van der Waals surface area (Å²) < 4.78 is 0. The second-order valence-corrected chi connectivity index (χ2v) is 9.72. The van der Waals surface area contributed by atoms with Crippen molar-refractivity contribution in [2.75, 3.05) is 6.16 Å². The van der Waals surface area contributed by atoms with Crippen molar-refractivity contribution in [2.24, 2.45) is 0 Å². The first-order valence-electron chi connectivity index (χ1n) is 10.2. The Labute approximate surface area is 173 Å². The molecular weight excluding hydrogens is 367 g/mol. The lowest BCUT2D eigenvalue weighted by Gasteiger charge is -2.21. The van der Waals surface area contributed by atoms with E-state index in [-0.39, 0.29) is 0 Å². The van der Waals surface area contributed by atoms with E-state index < -0.39 is 7.92 Å². The molecule has 0 aliphatic rings. The summed E-state index contributed by atoms with van der Waals surface area (Å²) in [6.07, 6.45) is 2.25. The quantitative estimate of drug-likeness (QED) is 0.294. The molecule has 0 radical (unpaired) electrons. The van der Waals surface area contributed by atoms with E-state index in [1.54, 1.807) is 0 Å². The van der Waals surface area contributed by atoms with Gasteiger partial charge >= 0.3 is 0 Å². The number of hydrogen-bond donors (Lipinski definition) is 0. The Morgan fingerprint density at radius 1 is 0.517 bits per heavy atom. The molecule has 5 aromatic carbocycles. The number of fused-ring (bicyclic) bond motifs is 2. The molecule has 0 spiro atoms. The van der Waals surface area contributed by atoms with Crippen LogP contribution in [0.5, 0.6) is 0 Å². The average Bonchev–Trinajstić information content (AvgIpc) is 2.80. The summed E-state index contributed by atoms with van der Waals surface area (Å²) in [6, 6.07) is 42.2. The van der Waals surface area contributed by atoms with Gasteiger partial charge in [0, 0.05) is 0 Å². The lowest BCUT2D eigenvalue weighted by atomic mass is 10.1. The van der Waals surface area contributed by atoms with Crippen molar-refractivity contribution in [1.29, 1.82) is 0 Å². The van der Waals surface area contributed by atoms with E-state index in [2.05, 4.69) is 115 Å². The van der Waals surface area contributed by atoms with Crippen LogP contribution >= 0.6 is 7.92 Å². The monoisotopic (exact) mass is 390 g/mol. The van der Waals surface area contributed by atoms with Gasteiger partial charge in [-0.25, -0.2) is 0 Å². The molecule has 1 unspecified atom stereocenters. The van der Waals surface area contributed by atoms with Crippen molar-refractivity contribution < 1.29 is 0 Å². The van der Waals surface area contributed by atoms with E-state index in [0.717, 1.165) is 12.6 Å². The highest BCUT2D eigenvalue weighted by Gasteiger charge is 2.16. The molecule has 0 saturated heterocycles. The maximum absolute atomic E-state index is 2.36. The minimum absolute atomic E-state index is 0.418. The Kier molecular flexibility index (Phi) is 5.11. The first-order chi connectivity index (χ1) is 14.4. The highest BCUT2D eigenvalue weighted by Crippen LogP contribution is 2.37. The fraction of sp³-hybridized carbons (Fsp3) is 0.0714. The Morgan fingerprint density at radius 2 is 1.21 bits per heavy atom. The predicted molar refractivity (Wildman–Crippen MR) is 129 cm³/mol. The normalized spacial score (nSPS) is 12.3. The molecule has 0 saturated carbocycles. The summed E-state index contributed by atoms with van der Waals surface area (Å²) in [7, 11) is -0.418. The first kappa shape index (κ1) is 18.1. The molecule has 0 aromatic heterocycles. The van der Waals surface area contributed by atoms with Crippen LogP contribution in [0.25, 0.3) is 21.5 Å². The third kappa shape index (κ3) is 3.82. The van der Waals surface area contributed by atoms with Crippen LogP contribution in [-0.2, 0) is 6.42 Å². The summed E-state index contributed by atoms with van der Waals surface area (Å²) in [5, 5.41) is 8.32. The van der Waals surface area contributed by atoms with Gasteiger partial charge in [0.25, 0.3) is 0 Å². The standard InChI is InChI=1S/C28H23P/c1-2-13-26(14-3-1)29(28-16-8-12-24-10-6-7-15-27(24)28)20-19-22-17-18-23-9-4-5-11-25(23)21-22/h1-18,21H,19-20H2. The van der Waals surface area contributed by atoms with Gasteiger partial charge in [0.2, 0.25) is 0 Å². The van der Waals surface area contributed by atoms with Crippen LogP contribution in [0.1, 0.15) is 5.56 Å². The van der Waals surface area contributed by atoms with Crippen molar-refractivity contribution >= 4 is 40.1 Å². The van der Waals surface area contributed by atoms with Gasteiger partial charge in [0.1, 0.15) is 0 Å². The lowest BCUT2D eigenvalue weighted by molar-refractivity contribution is 1.16. The SMILES string of the molecule is c1ccc(P(CCc2ccc3ccccc3c2)c2cccc3ccccc23)cc1. The average molecular weight is 390 g/mol. The zero-order chi connectivity index (χ0) is 19.5. The molecule has 29 heavy (non-hydrogen) atoms. The van der Waals surface area contributed by atoms with Gasteiger partial charge < -0.3 is 0 Å². The zero-order valence-electron chi connectivity index (χ0n) is 16.3. The molecule has 5 aromatic rings. The second-order valence-electron chi connectivity index (χ2n) is 7.42. The molecule has 0 aliphatic heterocycles. The van der Waals surface area contributed by atoms with Crippen molar-refractivity contribution in [2.45, 2.75) is 6.42 Å². The molecule has 5 rings (SSSR count). The number of rotatable bonds is 5. The van der Waals surface area contributed by atoms with E-state index in [4.69, 9.17) is 0 Å². The van der Waals surface area contributed by atoms with Crippen molar-refractivity contribution in [3.05, 3.63) is 121 Å². The molecule has 140 valence electrons. The summed E-state index contributed by atoms with van der Waals surface area (Å²) in [6.45, 7) is 0. The van der Waals surface area contributed by atoms with Crippen LogP contribution in [0.2, 0.25) is 0 Å². The van der Waals surface area contributed by atoms with Crippen molar-refractivity contribution in [1.82, 2.24) is 0 Å². The Morgan fingerprint density at radius 3 is 2.07 bits per heavy atom. The molecule has 0 bridgehead atoms.